The first kappa shape index (κ1) is 19.3. The summed E-state index contributed by atoms with van der Waals surface area (Å²) in [4.78, 5) is 25.6. The van der Waals surface area contributed by atoms with Crippen molar-refractivity contribution in [1.82, 2.24) is 19.7 Å². The van der Waals surface area contributed by atoms with Crippen LogP contribution in [0.25, 0.3) is 5.78 Å². The Morgan fingerprint density at radius 1 is 1.46 bits per heavy atom. The molecule has 0 fully saturated rings. The van der Waals surface area contributed by atoms with Gasteiger partial charge in [0.05, 0.1) is 5.02 Å². The van der Waals surface area contributed by atoms with Gasteiger partial charge in [-0.3, -0.25) is 9.20 Å². The first-order valence-corrected chi connectivity index (χ1v) is 8.44. The minimum atomic E-state index is -0.657. The molecule has 0 aliphatic carbocycles. The monoisotopic (exact) mass is 400 g/mol. The van der Waals surface area contributed by atoms with Crippen LogP contribution in [0.1, 0.15) is 33.1 Å². The molecule has 1 N–H and O–H groups in total. The number of aromatic nitrogens is 3. The van der Waals surface area contributed by atoms with Gasteiger partial charge in [-0.05, 0) is 32.0 Å². The number of amides is 1. The molecule has 0 aliphatic rings. The van der Waals surface area contributed by atoms with Crippen LogP contribution >= 0.6 is 11.6 Å². The van der Waals surface area contributed by atoms with E-state index in [1.54, 1.807) is 19.9 Å². The largest absolute Gasteiger partial charge is 0.390 e. The number of aryl methyl sites for hydroxylation is 2. The molecular weight excluding hydrogens is 387 g/mol. The van der Waals surface area contributed by atoms with Gasteiger partial charge >= 0.3 is 0 Å². The molecule has 0 bridgehead atoms. The summed E-state index contributed by atoms with van der Waals surface area (Å²) in [6.07, 6.45) is 0.980. The second-order valence-corrected chi connectivity index (χ2v) is 6.18. The third-order valence-electron chi connectivity index (χ3n) is 3.82. The van der Waals surface area contributed by atoms with Gasteiger partial charge in [0, 0.05) is 17.0 Å². The summed E-state index contributed by atoms with van der Waals surface area (Å²) in [5.41, 5.74) is 1.56. The van der Waals surface area contributed by atoms with Crippen LogP contribution in [0.2, 0.25) is 5.02 Å². The summed E-state index contributed by atoms with van der Waals surface area (Å²) < 4.78 is 15.1. The second kappa shape index (κ2) is 8.02. The molecule has 1 aromatic carbocycles. The molecule has 3 rings (SSSR count). The highest BCUT2D eigenvalue weighted by atomic mass is 35.5. The quantitative estimate of drug-likeness (QED) is 0.403. The molecule has 28 heavy (non-hydrogen) atoms. The van der Waals surface area contributed by atoms with Crippen molar-refractivity contribution in [3.8, 4) is 6.07 Å². The minimum Gasteiger partial charge on any atom is -0.390 e. The summed E-state index contributed by atoms with van der Waals surface area (Å²) in [7, 11) is 0. The highest BCUT2D eigenvalue weighted by molar-refractivity contribution is 6.31. The zero-order chi connectivity index (χ0) is 20.3. The van der Waals surface area contributed by atoms with Crippen molar-refractivity contribution < 1.29 is 14.0 Å². The van der Waals surface area contributed by atoms with E-state index in [9.17, 15) is 14.4 Å². The maximum Gasteiger partial charge on any atom is 0.278 e. The van der Waals surface area contributed by atoms with Crippen LogP contribution in [0.15, 0.2) is 29.4 Å². The molecule has 0 atom stereocenters. The summed E-state index contributed by atoms with van der Waals surface area (Å²) in [5, 5.41) is 15.5. The Hall–Kier alpha value is -3.51. The Bertz CT molecular complexity index is 1120. The van der Waals surface area contributed by atoms with Gasteiger partial charge in [0.1, 0.15) is 24.8 Å². The number of fused-ring (bicyclic) bond motifs is 1. The molecule has 10 heteroatoms. The van der Waals surface area contributed by atoms with E-state index in [1.165, 1.54) is 22.6 Å². The Morgan fingerprint density at radius 3 is 2.96 bits per heavy atom. The van der Waals surface area contributed by atoms with Crippen molar-refractivity contribution in [1.29, 1.82) is 5.26 Å². The van der Waals surface area contributed by atoms with Crippen LogP contribution in [0, 0.1) is 31.0 Å². The normalized spacial score (nSPS) is 11.0. The predicted molar refractivity (Wildman–Crippen MR) is 99.3 cm³/mol. The fourth-order valence-corrected chi connectivity index (χ4v) is 2.82. The van der Waals surface area contributed by atoms with E-state index < -0.39 is 11.7 Å². The van der Waals surface area contributed by atoms with Gasteiger partial charge in [0.25, 0.3) is 5.91 Å². The Labute approximate surface area is 164 Å². The van der Waals surface area contributed by atoms with Crippen LogP contribution in [0.4, 0.5) is 4.39 Å². The Balaban J connectivity index is 1.71. The SMILES string of the molecule is Cc1cc(C)n2c(C#N)c(C(=O)N/C=N/OCc3c(F)cccc3Cl)nc2n1. The van der Waals surface area contributed by atoms with E-state index in [1.807, 2.05) is 6.07 Å². The molecule has 2 aromatic heterocycles. The lowest BCUT2D eigenvalue weighted by Gasteiger charge is -2.04. The number of benzene rings is 1. The van der Waals surface area contributed by atoms with Crippen LogP contribution < -0.4 is 5.32 Å². The van der Waals surface area contributed by atoms with Crippen molar-refractivity contribution in [3.05, 3.63) is 63.4 Å². The third kappa shape index (κ3) is 3.77. The predicted octanol–water partition coefficient (Wildman–Crippen LogP) is 2.90. The zero-order valence-electron chi connectivity index (χ0n) is 14.9. The molecular formula is C18H14ClFN6O2. The average Bonchev–Trinajstić information content (AvgIpc) is 3.02. The van der Waals surface area contributed by atoms with Gasteiger partial charge in [-0.1, -0.05) is 22.8 Å². The molecule has 2 heterocycles. The van der Waals surface area contributed by atoms with Crippen LogP contribution in [0.5, 0.6) is 0 Å². The highest BCUT2D eigenvalue weighted by Crippen LogP contribution is 2.19. The van der Waals surface area contributed by atoms with Crippen LogP contribution in [-0.2, 0) is 11.4 Å². The van der Waals surface area contributed by atoms with Gasteiger partial charge < -0.3 is 10.2 Å². The van der Waals surface area contributed by atoms with Crippen molar-refractivity contribution in [2.75, 3.05) is 0 Å². The Morgan fingerprint density at radius 2 is 2.25 bits per heavy atom. The standard InChI is InChI=1S/C18H14ClFN6O2/c1-10-6-11(2)26-15(7-21)16(25-18(26)24-10)17(27)22-9-23-28-8-12-13(19)4-3-5-14(12)20/h3-6,9H,8H2,1-2H3,(H,22,23,27). The van der Waals surface area contributed by atoms with Crippen LogP contribution in [-0.4, -0.2) is 26.6 Å². The third-order valence-corrected chi connectivity index (χ3v) is 4.18. The van der Waals surface area contributed by atoms with Gasteiger partial charge in [0.15, 0.2) is 11.4 Å². The zero-order valence-corrected chi connectivity index (χ0v) is 15.7. The molecule has 142 valence electrons. The summed E-state index contributed by atoms with van der Waals surface area (Å²) >= 11 is 5.88. The number of oxime groups is 1. The van der Waals surface area contributed by atoms with Gasteiger partial charge in [-0.2, -0.15) is 5.26 Å². The highest BCUT2D eigenvalue weighted by Gasteiger charge is 2.20. The van der Waals surface area contributed by atoms with Crippen molar-refractivity contribution in [2.24, 2.45) is 5.16 Å². The number of hydrogen-bond acceptors (Lipinski definition) is 6. The first-order valence-electron chi connectivity index (χ1n) is 8.06. The average molecular weight is 401 g/mol. The van der Waals surface area contributed by atoms with Gasteiger partial charge in [0.2, 0.25) is 5.78 Å². The number of halogens is 2. The van der Waals surface area contributed by atoms with E-state index in [-0.39, 0.29) is 34.4 Å². The number of nitrogens with zero attached hydrogens (tertiary/aromatic N) is 5. The fraction of sp³-hybridized carbons (Fsp3) is 0.167. The molecule has 0 unspecified atom stereocenters. The van der Waals surface area contributed by atoms with E-state index in [0.717, 1.165) is 12.0 Å². The molecule has 0 radical (unpaired) electrons. The number of carbonyl (C=O) groups excluding carboxylic acids is 1. The summed E-state index contributed by atoms with van der Waals surface area (Å²) in [6.45, 7) is 3.37. The lowest BCUT2D eigenvalue weighted by molar-refractivity contribution is 0.0966. The van der Waals surface area contributed by atoms with Crippen molar-refractivity contribution >= 4 is 29.6 Å². The molecule has 0 spiro atoms. The fourth-order valence-electron chi connectivity index (χ4n) is 2.60. The smallest absolute Gasteiger partial charge is 0.278 e. The lowest BCUT2D eigenvalue weighted by Crippen LogP contribution is -2.23. The van der Waals surface area contributed by atoms with Crippen molar-refractivity contribution in [3.63, 3.8) is 0 Å². The molecule has 3 aromatic rings. The minimum absolute atomic E-state index is 0.0601. The van der Waals surface area contributed by atoms with Crippen LogP contribution in [0.3, 0.4) is 0 Å². The van der Waals surface area contributed by atoms with E-state index in [0.29, 0.717) is 5.69 Å². The maximum atomic E-state index is 13.6. The van der Waals surface area contributed by atoms with Gasteiger partial charge in [-0.25, -0.2) is 14.4 Å². The number of rotatable bonds is 5. The maximum absolute atomic E-state index is 13.6. The number of carbonyl (C=O) groups is 1. The molecule has 0 saturated carbocycles. The van der Waals surface area contributed by atoms with E-state index in [2.05, 4.69) is 20.4 Å². The molecule has 0 aliphatic heterocycles. The first-order chi connectivity index (χ1) is 13.4. The number of nitriles is 1. The Kier molecular flexibility index (Phi) is 5.52. The number of imidazole rings is 1. The summed E-state index contributed by atoms with van der Waals surface area (Å²) in [5.74, 6) is -0.926. The van der Waals surface area contributed by atoms with E-state index in [4.69, 9.17) is 16.4 Å². The second-order valence-electron chi connectivity index (χ2n) is 5.78. The number of hydrogen-bond donors (Lipinski definition) is 1. The number of nitrogens with one attached hydrogen (secondary N) is 1. The summed E-state index contributed by atoms with van der Waals surface area (Å²) in [6, 6.07) is 8.00. The lowest BCUT2D eigenvalue weighted by atomic mass is 10.2. The van der Waals surface area contributed by atoms with E-state index >= 15 is 0 Å². The molecule has 8 nitrogen and oxygen atoms in total. The van der Waals surface area contributed by atoms with Crippen molar-refractivity contribution in [2.45, 2.75) is 20.5 Å². The molecule has 0 saturated heterocycles. The molecule has 1 amide bonds. The van der Waals surface area contributed by atoms with Gasteiger partial charge in [-0.15, -0.1) is 0 Å². The topological polar surface area (TPSA) is 105 Å².